The van der Waals surface area contributed by atoms with Gasteiger partial charge in [0, 0.05) is 25.0 Å². The van der Waals surface area contributed by atoms with Crippen LogP contribution in [-0.2, 0) is 13.0 Å². The molecule has 2 N–H and O–H groups in total. The molecule has 150 valence electrons. The molecule has 1 amide bonds. The molecule has 6 heteroatoms. The van der Waals surface area contributed by atoms with Gasteiger partial charge in [0.15, 0.2) is 11.5 Å². The van der Waals surface area contributed by atoms with Gasteiger partial charge in [0.25, 0.3) is 5.91 Å². The molecule has 0 aliphatic heterocycles. The lowest BCUT2D eigenvalue weighted by Crippen LogP contribution is -2.24. The fourth-order valence-corrected chi connectivity index (χ4v) is 2.92. The van der Waals surface area contributed by atoms with Crippen molar-refractivity contribution in [3.8, 4) is 11.5 Å². The van der Waals surface area contributed by atoms with Gasteiger partial charge < -0.3 is 20.1 Å². The number of pyridine rings is 1. The number of ether oxygens (including phenoxy) is 2. The molecule has 0 unspecified atom stereocenters. The third kappa shape index (κ3) is 5.72. The molecule has 0 saturated carbocycles. The van der Waals surface area contributed by atoms with Gasteiger partial charge in [0.2, 0.25) is 0 Å². The first-order valence-electron chi connectivity index (χ1n) is 9.42. The number of amides is 1. The number of benzene rings is 2. The molecule has 0 fully saturated rings. The number of carbonyl (C=O) groups is 1. The predicted molar refractivity (Wildman–Crippen MR) is 114 cm³/mol. The Kier molecular flexibility index (Phi) is 7.05. The Labute approximate surface area is 170 Å². The van der Waals surface area contributed by atoms with E-state index in [4.69, 9.17) is 9.47 Å². The van der Waals surface area contributed by atoms with Gasteiger partial charge in [0.05, 0.1) is 14.2 Å². The molecule has 0 saturated heterocycles. The van der Waals surface area contributed by atoms with Crippen LogP contribution in [0.3, 0.4) is 0 Å². The summed E-state index contributed by atoms with van der Waals surface area (Å²) in [6.07, 6.45) is 2.54. The largest absolute Gasteiger partial charge is 0.493 e. The summed E-state index contributed by atoms with van der Waals surface area (Å²) in [5.41, 5.74) is 3.41. The smallest absolute Gasteiger partial charge is 0.270 e. The van der Waals surface area contributed by atoms with Crippen molar-refractivity contribution in [1.82, 2.24) is 10.3 Å². The molecular formula is C23H25N3O3. The van der Waals surface area contributed by atoms with Crippen molar-refractivity contribution in [2.24, 2.45) is 0 Å². The number of anilines is 1. The van der Waals surface area contributed by atoms with Gasteiger partial charge in [-0.2, -0.15) is 0 Å². The summed E-state index contributed by atoms with van der Waals surface area (Å²) < 4.78 is 10.5. The van der Waals surface area contributed by atoms with Crippen LogP contribution < -0.4 is 20.1 Å². The van der Waals surface area contributed by atoms with Gasteiger partial charge in [-0.05, 0) is 41.8 Å². The molecule has 29 heavy (non-hydrogen) atoms. The summed E-state index contributed by atoms with van der Waals surface area (Å²) >= 11 is 0. The first-order valence-corrected chi connectivity index (χ1v) is 9.42. The van der Waals surface area contributed by atoms with Crippen LogP contribution >= 0.6 is 0 Å². The first kappa shape index (κ1) is 20.2. The van der Waals surface area contributed by atoms with Crippen molar-refractivity contribution in [2.45, 2.75) is 13.0 Å². The maximum Gasteiger partial charge on any atom is 0.270 e. The Morgan fingerprint density at radius 2 is 1.72 bits per heavy atom. The van der Waals surface area contributed by atoms with Crippen molar-refractivity contribution >= 4 is 11.6 Å². The number of carbonyl (C=O) groups excluding carboxylic acids is 1. The molecule has 3 rings (SSSR count). The molecule has 3 aromatic rings. The molecule has 0 radical (unpaired) electrons. The molecular weight excluding hydrogens is 366 g/mol. The Hall–Kier alpha value is -3.54. The van der Waals surface area contributed by atoms with E-state index in [-0.39, 0.29) is 5.91 Å². The zero-order valence-electron chi connectivity index (χ0n) is 16.6. The number of nitrogens with zero attached hydrogens (tertiary/aromatic N) is 1. The van der Waals surface area contributed by atoms with Crippen LogP contribution in [0.25, 0.3) is 0 Å². The highest BCUT2D eigenvalue weighted by molar-refractivity contribution is 5.93. The second-order valence-corrected chi connectivity index (χ2v) is 6.46. The van der Waals surface area contributed by atoms with E-state index < -0.39 is 0 Å². The van der Waals surface area contributed by atoms with Crippen LogP contribution in [0.2, 0.25) is 0 Å². The predicted octanol–water partition coefficient (Wildman–Crippen LogP) is 3.68. The monoisotopic (exact) mass is 391 g/mol. The first-order chi connectivity index (χ1) is 14.2. The Bertz CT molecular complexity index is 945. The molecule has 1 aromatic heterocycles. The van der Waals surface area contributed by atoms with Crippen LogP contribution in [0.5, 0.6) is 11.5 Å². The van der Waals surface area contributed by atoms with E-state index in [0.29, 0.717) is 23.7 Å². The van der Waals surface area contributed by atoms with Crippen LogP contribution in [0.15, 0.2) is 66.9 Å². The molecule has 1 heterocycles. The summed E-state index contributed by atoms with van der Waals surface area (Å²) in [6.45, 7) is 1.15. The number of methoxy groups -OCH3 is 2. The summed E-state index contributed by atoms with van der Waals surface area (Å²) in [5, 5.41) is 6.23. The second-order valence-electron chi connectivity index (χ2n) is 6.46. The van der Waals surface area contributed by atoms with E-state index in [0.717, 1.165) is 24.2 Å². The van der Waals surface area contributed by atoms with E-state index in [9.17, 15) is 4.79 Å². The van der Waals surface area contributed by atoms with Crippen molar-refractivity contribution in [3.05, 3.63) is 83.7 Å². The van der Waals surface area contributed by atoms with E-state index >= 15 is 0 Å². The van der Waals surface area contributed by atoms with E-state index in [1.165, 1.54) is 5.56 Å². The average molecular weight is 391 g/mol. The van der Waals surface area contributed by atoms with Gasteiger partial charge in [-0.3, -0.25) is 9.78 Å². The van der Waals surface area contributed by atoms with Crippen LogP contribution in [0.4, 0.5) is 5.69 Å². The molecule has 6 nitrogen and oxygen atoms in total. The topological polar surface area (TPSA) is 72.5 Å². The minimum Gasteiger partial charge on any atom is -0.493 e. The highest BCUT2D eigenvalue weighted by Gasteiger charge is 2.09. The highest BCUT2D eigenvalue weighted by atomic mass is 16.5. The minimum absolute atomic E-state index is 0.230. The normalized spacial score (nSPS) is 10.3. The van der Waals surface area contributed by atoms with Crippen molar-refractivity contribution in [3.63, 3.8) is 0 Å². The van der Waals surface area contributed by atoms with E-state index in [1.807, 2.05) is 42.5 Å². The van der Waals surface area contributed by atoms with E-state index in [2.05, 4.69) is 27.8 Å². The fourth-order valence-electron chi connectivity index (χ4n) is 2.92. The van der Waals surface area contributed by atoms with Gasteiger partial charge in [0.1, 0.15) is 5.69 Å². The van der Waals surface area contributed by atoms with Crippen molar-refractivity contribution < 1.29 is 14.3 Å². The maximum absolute atomic E-state index is 12.5. The fraction of sp³-hybridized carbons (Fsp3) is 0.217. The Morgan fingerprint density at radius 1 is 0.931 bits per heavy atom. The van der Waals surface area contributed by atoms with Crippen molar-refractivity contribution in [2.75, 3.05) is 26.1 Å². The SMILES string of the molecule is COc1ccc(CNC(=O)c2cc(NCCc3ccccc3)ccn2)cc1OC. The third-order valence-electron chi connectivity index (χ3n) is 4.48. The maximum atomic E-state index is 12.5. The molecule has 0 atom stereocenters. The van der Waals surface area contributed by atoms with Gasteiger partial charge in [-0.15, -0.1) is 0 Å². The number of nitrogens with one attached hydrogen (secondary N) is 2. The lowest BCUT2D eigenvalue weighted by atomic mass is 10.1. The minimum atomic E-state index is -0.230. The number of rotatable bonds is 9. The molecule has 0 aliphatic rings. The third-order valence-corrected chi connectivity index (χ3v) is 4.48. The van der Waals surface area contributed by atoms with Gasteiger partial charge >= 0.3 is 0 Å². The van der Waals surface area contributed by atoms with Crippen LogP contribution in [-0.4, -0.2) is 31.7 Å². The van der Waals surface area contributed by atoms with Gasteiger partial charge in [-0.1, -0.05) is 36.4 Å². The molecule has 0 bridgehead atoms. The zero-order valence-corrected chi connectivity index (χ0v) is 16.6. The lowest BCUT2D eigenvalue weighted by molar-refractivity contribution is 0.0946. The highest BCUT2D eigenvalue weighted by Crippen LogP contribution is 2.27. The summed E-state index contributed by atoms with van der Waals surface area (Å²) in [5.74, 6) is 1.05. The summed E-state index contributed by atoms with van der Waals surface area (Å²) in [6, 6.07) is 19.4. The summed E-state index contributed by atoms with van der Waals surface area (Å²) in [7, 11) is 3.17. The van der Waals surface area contributed by atoms with Crippen LogP contribution in [0.1, 0.15) is 21.6 Å². The average Bonchev–Trinajstić information content (AvgIpc) is 2.78. The zero-order chi connectivity index (χ0) is 20.5. The second kappa shape index (κ2) is 10.1. The standard InChI is InChI=1S/C23H25N3O3/c1-28-21-9-8-18(14-22(21)29-2)16-26-23(27)20-15-19(11-13-25-20)24-12-10-17-6-4-3-5-7-17/h3-9,11,13-15H,10,12,16H2,1-2H3,(H,24,25)(H,26,27). The van der Waals surface area contributed by atoms with Crippen LogP contribution in [0, 0.1) is 0 Å². The number of aromatic nitrogens is 1. The summed E-state index contributed by atoms with van der Waals surface area (Å²) in [4.78, 5) is 16.7. The Morgan fingerprint density at radius 3 is 2.48 bits per heavy atom. The van der Waals surface area contributed by atoms with Crippen molar-refractivity contribution in [1.29, 1.82) is 0 Å². The number of hydrogen-bond acceptors (Lipinski definition) is 5. The Balaban J connectivity index is 1.55. The molecule has 0 spiro atoms. The van der Waals surface area contributed by atoms with Gasteiger partial charge in [-0.25, -0.2) is 0 Å². The molecule has 0 aliphatic carbocycles. The van der Waals surface area contributed by atoms with E-state index in [1.54, 1.807) is 26.5 Å². The lowest BCUT2D eigenvalue weighted by Gasteiger charge is -2.11. The number of hydrogen-bond donors (Lipinski definition) is 2. The molecule has 2 aromatic carbocycles. The quantitative estimate of drug-likeness (QED) is 0.582.